The first-order chi connectivity index (χ1) is 21.5. The molecule has 0 aromatic heterocycles. The Hall–Kier alpha value is -3.14. The van der Waals surface area contributed by atoms with Crippen LogP contribution in [0.2, 0.25) is 0 Å². The first-order valence-corrected chi connectivity index (χ1v) is 17.3. The second-order valence-electron chi connectivity index (χ2n) is 15.1. The fraction of sp³-hybridized carbons (Fsp3) is 0.722. The van der Waals surface area contributed by atoms with Gasteiger partial charge in [-0.1, -0.05) is 53.2 Å². The molecule has 46 heavy (non-hydrogen) atoms. The van der Waals surface area contributed by atoms with Gasteiger partial charge < -0.3 is 25.8 Å². The number of likely N-dealkylation sites (tertiary alicyclic amines) is 2. The predicted molar refractivity (Wildman–Crippen MR) is 184 cm³/mol. The Balaban J connectivity index is 1.74. The van der Waals surface area contributed by atoms with E-state index in [9.17, 15) is 19.2 Å². The summed E-state index contributed by atoms with van der Waals surface area (Å²) in [6.45, 7) is 19.8. The van der Waals surface area contributed by atoms with Crippen molar-refractivity contribution in [2.24, 2.45) is 11.3 Å². The number of nitrogens with one attached hydrogen (secondary N) is 3. The number of hydrogen-bond acceptors (Lipinski definition) is 6. The summed E-state index contributed by atoms with van der Waals surface area (Å²) in [5.41, 5.74) is 1.00. The Kier molecular flexibility index (Phi) is 13.1. The normalized spacial score (nSPS) is 23.9. The fourth-order valence-corrected chi connectivity index (χ4v) is 6.84. The van der Waals surface area contributed by atoms with Crippen molar-refractivity contribution < 1.29 is 19.2 Å². The molecule has 10 heteroatoms. The summed E-state index contributed by atoms with van der Waals surface area (Å²) in [7, 11) is 1.75. The fourth-order valence-electron chi connectivity index (χ4n) is 6.84. The summed E-state index contributed by atoms with van der Waals surface area (Å²) < 4.78 is 0. The van der Waals surface area contributed by atoms with Gasteiger partial charge in [0.25, 0.3) is 0 Å². The maximum atomic E-state index is 14.1. The molecular weight excluding hydrogens is 580 g/mol. The highest BCUT2D eigenvalue weighted by atomic mass is 16.2. The van der Waals surface area contributed by atoms with Gasteiger partial charge in [-0.2, -0.15) is 0 Å². The Morgan fingerprint density at radius 3 is 2.30 bits per heavy atom. The highest BCUT2D eigenvalue weighted by molar-refractivity contribution is 5.97. The lowest BCUT2D eigenvalue weighted by Gasteiger charge is -2.41. The third kappa shape index (κ3) is 9.46. The van der Waals surface area contributed by atoms with Crippen molar-refractivity contribution in [3.63, 3.8) is 0 Å². The predicted octanol–water partition coefficient (Wildman–Crippen LogP) is 3.75. The monoisotopic (exact) mass is 640 g/mol. The zero-order valence-corrected chi connectivity index (χ0v) is 30.0. The minimum absolute atomic E-state index is 0.00850. The molecule has 2 saturated heterocycles. The number of amides is 4. The molecule has 5 atom stereocenters. The highest BCUT2D eigenvalue weighted by Crippen LogP contribution is 2.27. The smallest absolute Gasteiger partial charge is 0.249 e. The summed E-state index contributed by atoms with van der Waals surface area (Å²) in [4.78, 5) is 60.3. The summed E-state index contributed by atoms with van der Waals surface area (Å²) in [6.07, 6.45) is 12.0. The molecule has 3 unspecified atom stereocenters. The molecule has 10 nitrogen and oxygen atoms in total. The van der Waals surface area contributed by atoms with E-state index in [-0.39, 0.29) is 53.7 Å². The second kappa shape index (κ2) is 16.1. The van der Waals surface area contributed by atoms with E-state index >= 15 is 0 Å². The van der Waals surface area contributed by atoms with Crippen LogP contribution in [-0.2, 0) is 19.2 Å². The Bertz CT molecular complexity index is 1200. The summed E-state index contributed by atoms with van der Waals surface area (Å²) in [5, 5.41) is 9.35. The van der Waals surface area contributed by atoms with Crippen molar-refractivity contribution >= 4 is 23.6 Å². The molecule has 0 radical (unpaired) electrons. The molecule has 0 saturated carbocycles. The van der Waals surface area contributed by atoms with Crippen LogP contribution >= 0.6 is 0 Å². The third-order valence-corrected chi connectivity index (χ3v) is 9.55. The molecule has 3 aliphatic heterocycles. The summed E-state index contributed by atoms with van der Waals surface area (Å²) in [6, 6.07) is -1.44. The number of dihydropyridines is 1. The first kappa shape index (κ1) is 37.3. The second-order valence-corrected chi connectivity index (χ2v) is 15.1. The summed E-state index contributed by atoms with van der Waals surface area (Å²) >= 11 is 0. The molecule has 2 fully saturated rings. The van der Waals surface area contributed by atoms with E-state index in [1.165, 1.54) is 0 Å². The van der Waals surface area contributed by atoms with Gasteiger partial charge in [-0.3, -0.25) is 24.1 Å². The number of carbonyl (C=O) groups is 4. The van der Waals surface area contributed by atoms with Crippen LogP contribution in [0.15, 0.2) is 35.6 Å². The van der Waals surface area contributed by atoms with E-state index in [0.29, 0.717) is 25.1 Å². The van der Waals surface area contributed by atoms with Crippen molar-refractivity contribution in [2.75, 3.05) is 26.7 Å². The topological polar surface area (TPSA) is 114 Å². The van der Waals surface area contributed by atoms with Gasteiger partial charge in [0.2, 0.25) is 23.6 Å². The van der Waals surface area contributed by atoms with Gasteiger partial charge in [-0.05, 0) is 89.1 Å². The first-order valence-electron chi connectivity index (χ1n) is 17.3. The zero-order valence-electron chi connectivity index (χ0n) is 30.0. The molecule has 0 spiro atoms. The minimum Gasteiger partial charge on any atom is -0.385 e. The lowest BCUT2D eigenvalue weighted by molar-refractivity contribution is -0.142. The van der Waals surface area contributed by atoms with Crippen molar-refractivity contribution in [3.8, 4) is 0 Å². The number of nitrogens with zero attached hydrogens (tertiary/aromatic N) is 3. The van der Waals surface area contributed by atoms with E-state index in [4.69, 9.17) is 0 Å². The Labute approximate surface area is 277 Å². The number of rotatable bonds is 11. The number of carbonyl (C=O) groups excluding carboxylic acids is 4. The third-order valence-electron chi connectivity index (χ3n) is 9.55. The van der Waals surface area contributed by atoms with Gasteiger partial charge in [-0.25, -0.2) is 0 Å². The number of hydrogen-bond donors (Lipinski definition) is 3. The molecule has 0 aromatic carbocycles. The molecule has 0 aliphatic carbocycles. The maximum absolute atomic E-state index is 14.1. The van der Waals surface area contributed by atoms with E-state index < -0.39 is 17.5 Å². The van der Waals surface area contributed by atoms with Gasteiger partial charge in [-0.15, -0.1) is 0 Å². The van der Waals surface area contributed by atoms with Crippen LogP contribution in [0.1, 0.15) is 94.4 Å². The van der Waals surface area contributed by atoms with E-state index in [0.717, 1.165) is 37.8 Å². The van der Waals surface area contributed by atoms with Gasteiger partial charge >= 0.3 is 0 Å². The van der Waals surface area contributed by atoms with Crippen LogP contribution in [0.25, 0.3) is 0 Å². The molecule has 0 aromatic rings. The molecule has 258 valence electrons. The van der Waals surface area contributed by atoms with E-state index in [1.807, 2.05) is 59.9 Å². The van der Waals surface area contributed by atoms with Gasteiger partial charge in [0.1, 0.15) is 12.1 Å². The van der Waals surface area contributed by atoms with Crippen LogP contribution in [-0.4, -0.2) is 101 Å². The van der Waals surface area contributed by atoms with E-state index in [2.05, 4.69) is 40.8 Å². The molecule has 3 heterocycles. The van der Waals surface area contributed by atoms with Crippen molar-refractivity contribution in [1.29, 1.82) is 0 Å². The van der Waals surface area contributed by atoms with Crippen molar-refractivity contribution in [3.05, 3.63) is 35.6 Å². The van der Waals surface area contributed by atoms with Crippen LogP contribution in [0.5, 0.6) is 0 Å². The van der Waals surface area contributed by atoms with E-state index in [1.54, 1.807) is 23.8 Å². The van der Waals surface area contributed by atoms with Crippen LogP contribution in [0.3, 0.4) is 0 Å². The molecule has 0 bridgehead atoms. The van der Waals surface area contributed by atoms with Crippen molar-refractivity contribution in [1.82, 2.24) is 30.7 Å². The minimum atomic E-state index is -0.730. The quantitative estimate of drug-likeness (QED) is 0.297. The molecule has 3 rings (SSSR count). The maximum Gasteiger partial charge on any atom is 0.249 e. The zero-order chi connectivity index (χ0) is 34.3. The molecule has 4 amide bonds. The standard InChI is InChI=1S/C36H60N6O4/c1-23(2)30(40(10)35(46)31(36(7,8)9)39-33(44)29-14-11-12-18-41(29)24(3)4)20-25(5)34(45)42-19-13-15-28(42)32(43)38-22-27-16-17-37-26(6)21-27/h16-17,20-21,23-24,26,28-31,37H,11-15,18-19,22H2,1-10H3,(H,38,43)(H,39,44)/b25-20+/t26?,28-,29?,30+,31?/m0/s1. The number of likely N-dealkylation sites (N-methyl/N-ethyl adjacent to an activating group) is 1. The van der Waals surface area contributed by atoms with Gasteiger partial charge in [0.05, 0.1) is 12.1 Å². The molecule has 3 aliphatic rings. The average Bonchev–Trinajstić information content (AvgIpc) is 3.49. The molecule has 3 N–H and O–H groups in total. The summed E-state index contributed by atoms with van der Waals surface area (Å²) in [5.74, 6) is -0.611. The van der Waals surface area contributed by atoms with Crippen molar-refractivity contribution in [2.45, 2.75) is 131 Å². The Morgan fingerprint density at radius 1 is 1.02 bits per heavy atom. The SMILES string of the molecule is C/C(=C\[C@H](C(C)C)N(C)C(=O)C(NC(=O)C1CCCCN1C(C)C)C(C)(C)C)C(=O)N1CCC[C@H]1C(=O)NCC1=CC(C)NC=C1. The lowest BCUT2D eigenvalue weighted by Crippen LogP contribution is -2.60. The average molecular weight is 641 g/mol. The molecular formula is C36H60N6O4. The van der Waals surface area contributed by atoms with Crippen LogP contribution in [0.4, 0.5) is 0 Å². The lowest BCUT2D eigenvalue weighted by atomic mass is 9.84. The number of piperidine rings is 1. The Morgan fingerprint density at radius 2 is 1.70 bits per heavy atom. The van der Waals surface area contributed by atoms with Gasteiger partial charge in [0.15, 0.2) is 0 Å². The van der Waals surface area contributed by atoms with Crippen LogP contribution in [0, 0.1) is 11.3 Å². The largest absolute Gasteiger partial charge is 0.385 e. The van der Waals surface area contributed by atoms with Crippen LogP contribution < -0.4 is 16.0 Å². The highest BCUT2D eigenvalue weighted by Gasteiger charge is 2.40. The van der Waals surface area contributed by atoms with Gasteiger partial charge in [0, 0.05) is 37.8 Å².